The zero-order chi connectivity index (χ0) is 15.9. The molecular weight excluding hydrogens is 344 g/mol. The molecule has 23 heavy (non-hydrogen) atoms. The Morgan fingerprint density at radius 2 is 1.35 bits per heavy atom. The third-order valence-corrected chi connectivity index (χ3v) is 7.84. The van der Waals surface area contributed by atoms with Gasteiger partial charge in [-0.05, 0) is 39.3 Å². The van der Waals surface area contributed by atoms with Gasteiger partial charge in [0.1, 0.15) is 0 Å². The fraction of sp³-hybridized carbons (Fsp3) is 0.364. The fourth-order valence-electron chi connectivity index (χ4n) is 6.83. The highest BCUT2D eigenvalue weighted by molar-refractivity contribution is 9.11. The van der Waals surface area contributed by atoms with Crippen molar-refractivity contribution in [1.29, 1.82) is 0 Å². The van der Waals surface area contributed by atoms with E-state index >= 15 is 0 Å². The van der Waals surface area contributed by atoms with Crippen LogP contribution in [0.25, 0.3) is 0 Å². The summed E-state index contributed by atoms with van der Waals surface area (Å²) < 4.78 is 1.40. The molecule has 0 bridgehead atoms. The van der Waals surface area contributed by atoms with Gasteiger partial charge in [0.05, 0.1) is 0 Å². The Labute approximate surface area is 146 Å². The third-order valence-electron chi connectivity index (χ3n) is 7.25. The van der Waals surface area contributed by atoms with Crippen molar-refractivity contribution >= 4 is 15.9 Å². The van der Waals surface area contributed by atoms with Gasteiger partial charge in [-0.15, -0.1) is 0 Å². The second kappa shape index (κ2) is 4.19. The summed E-state index contributed by atoms with van der Waals surface area (Å²) in [5, 5.41) is 0. The van der Waals surface area contributed by atoms with Crippen LogP contribution >= 0.6 is 15.9 Å². The summed E-state index contributed by atoms with van der Waals surface area (Å²) in [6, 6.07) is 22.5. The van der Waals surface area contributed by atoms with E-state index in [9.17, 15) is 0 Å². The lowest BCUT2D eigenvalue weighted by molar-refractivity contribution is 0.145. The van der Waals surface area contributed by atoms with E-state index in [0.29, 0.717) is 11.3 Å². The van der Waals surface area contributed by atoms with Gasteiger partial charge in [-0.1, -0.05) is 96.5 Å². The fourth-order valence-corrected chi connectivity index (χ4v) is 7.47. The van der Waals surface area contributed by atoms with Gasteiger partial charge in [0.2, 0.25) is 0 Å². The van der Waals surface area contributed by atoms with E-state index in [1.807, 2.05) is 0 Å². The normalized spacial score (nSPS) is 39.0. The molecule has 2 aromatic rings. The molecule has 2 fully saturated rings. The number of rotatable bonds is 2. The van der Waals surface area contributed by atoms with E-state index in [-0.39, 0.29) is 10.8 Å². The number of benzene rings is 2. The van der Waals surface area contributed by atoms with Crippen LogP contribution in [0.3, 0.4) is 0 Å². The average molecular weight is 365 g/mol. The van der Waals surface area contributed by atoms with E-state index in [2.05, 4.69) is 96.5 Å². The van der Waals surface area contributed by atoms with Crippen molar-refractivity contribution in [3.8, 4) is 0 Å². The lowest BCUT2D eigenvalue weighted by atomic mass is 9.54. The highest BCUT2D eigenvalue weighted by Crippen LogP contribution is 2.94. The van der Waals surface area contributed by atoms with Crippen LogP contribution in [0.1, 0.15) is 31.4 Å². The molecule has 0 aromatic heterocycles. The number of hydrogen-bond donors (Lipinski definition) is 0. The molecule has 0 aliphatic heterocycles. The molecule has 4 atom stereocenters. The Bertz CT molecular complexity index is 804. The molecule has 3 aliphatic carbocycles. The van der Waals surface area contributed by atoms with Gasteiger partial charge in [-0.3, -0.25) is 0 Å². The number of hydrogen-bond acceptors (Lipinski definition) is 0. The van der Waals surface area contributed by atoms with Crippen LogP contribution in [0.15, 0.2) is 71.2 Å². The van der Waals surface area contributed by atoms with Gasteiger partial charge >= 0.3 is 0 Å². The molecule has 0 nitrogen and oxygen atoms in total. The molecule has 0 spiro atoms. The Hall–Kier alpha value is -1.34. The van der Waals surface area contributed by atoms with E-state index in [1.54, 1.807) is 0 Å². The highest BCUT2D eigenvalue weighted by atomic mass is 79.9. The zero-order valence-corrected chi connectivity index (χ0v) is 15.2. The predicted octanol–water partition coefficient (Wildman–Crippen LogP) is 5.83. The summed E-state index contributed by atoms with van der Waals surface area (Å²) in [6.07, 6.45) is 3.70. The van der Waals surface area contributed by atoms with Crippen LogP contribution in [0, 0.1) is 17.3 Å². The molecule has 0 amide bonds. The lowest BCUT2D eigenvalue weighted by Crippen LogP contribution is -2.49. The first-order chi connectivity index (χ1) is 11.1. The number of fused-ring (bicyclic) bond motifs is 4. The van der Waals surface area contributed by atoms with Gasteiger partial charge in [-0.25, -0.2) is 0 Å². The SMILES string of the molecule is CC1(C)[C@]2(c3ccccc3)[C@H]3CC(Br)=C[C@@H]3[C@]12c1ccccc1. The zero-order valence-electron chi connectivity index (χ0n) is 13.6. The van der Waals surface area contributed by atoms with Crippen LogP contribution < -0.4 is 0 Å². The molecule has 2 saturated carbocycles. The van der Waals surface area contributed by atoms with Crippen molar-refractivity contribution in [2.75, 3.05) is 0 Å². The van der Waals surface area contributed by atoms with E-state index < -0.39 is 0 Å². The maximum absolute atomic E-state index is 3.80. The third kappa shape index (κ3) is 1.26. The van der Waals surface area contributed by atoms with Gasteiger partial charge in [-0.2, -0.15) is 0 Å². The van der Waals surface area contributed by atoms with Crippen molar-refractivity contribution in [1.82, 2.24) is 0 Å². The molecular formula is C22H21Br. The van der Waals surface area contributed by atoms with Crippen LogP contribution in [0.4, 0.5) is 0 Å². The molecule has 5 rings (SSSR count). The average Bonchev–Trinajstić information content (AvgIpc) is 2.73. The van der Waals surface area contributed by atoms with E-state index in [4.69, 9.17) is 0 Å². The van der Waals surface area contributed by atoms with Gasteiger partial charge in [0.15, 0.2) is 0 Å². The molecule has 0 N–H and O–H groups in total. The molecule has 2 aromatic carbocycles. The summed E-state index contributed by atoms with van der Waals surface area (Å²) in [7, 11) is 0. The van der Waals surface area contributed by atoms with Gasteiger partial charge in [0, 0.05) is 10.8 Å². The monoisotopic (exact) mass is 364 g/mol. The smallest absolute Gasteiger partial charge is 0.0184 e. The second-order valence-corrected chi connectivity index (χ2v) is 8.94. The minimum absolute atomic E-state index is 0.253. The molecule has 1 heteroatoms. The maximum atomic E-state index is 3.80. The van der Waals surface area contributed by atoms with Crippen LogP contribution in [0.2, 0.25) is 0 Å². The van der Waals surface area contributed by atoms with Gasteiger partial charge < -0.3 is 0 Å². The first-order valence-corrected chi connectivity index (χ1v) is 9.35. The summed E-state index contributed by atoms with van der Waals surface area (Å²) in [6.45, 7) is 4.99. The second-order valence-electron chi connectivity index (χ2n) is 7.92. The highest BCUT2D eigenvalue weighted by Gasteiger charge is 2.95. The van der Waals surface area contributed by atoms with Crippen molar-refractivity contribution < 1.29 is 0 Å². The van der Waals surface area contributed by atoms with Crippen LogP contribution in [-0.2, 0) is 10.8 Å². The topological polar surface area (TPSA) is 0 Å². The summed E-state index contributed by atoms with van der Waals surface area (Å²) in [5.41, 5.74) is 3.88. The van der Waals surface area contributed by atoms with E-state index in [1.165, 1.54) is 22.0 Å². The summed E-state index contributed by atoms with van der Waals surface area (Å²) >= 11 is 3.80. The predicted molar refractivity (Wildman–Crippen MR) is 98.6 cm³/mol. The number of allylic oxidation sites excluding steroid dienone is 2. The molecule has 0 saturated heterocycles. The Morgan fingerprint density at radius 3 is 1.91 bits per heavy atom. The standard InChI is InChI=1S/C22H21Br/c1-20(2)21(15-9-5-3-6-10-15)18-13-17(23)14-19(18)22(20,21)16-11-7-4-8-12-16/h3-13,18-19H,14H2,1-2H3/t18-,19-,21+,22-/m0/s1. The first kappa shape index (κ1) is 14.0. The molecule has 0 heterocycles. The Balaban J connectivity index is 1.78. The Kier molecular flexibility index (Phi) is 2.56. The van der Waals surface area contributed by atoms with Gasteiger partial charge in [0.25, 0.3) is 0 Å². The minimum Gasteiger partial charge on any atom is -0.0700 e. The van der Waals surface area contributed by atoms with Crippen LogP contribution in [-0.4, -0.2) is 0 Å². The van der Waals surface area contributed by atoms with Crippen molar-refractivity contribution in [2.24, 2.45) is 17.3 Å². The first-order valence-electron chi connectivity index (χ1n) is 8.55. The van der Waals surface area contributed by atoms with Crippen molar-refractivity contribution in [2.45, 2.75) is 31.1 Å². The van der Waals surface area contributed by atoms with E-state index in [0.717, 1.165) is 5.92 Å². The molecule has 0 radical (unpaired) electrons. The molecule has 0 unspecified atom stereocenters. The quantitative estimate of drug-likeness (QED) is 0.628. The molecule has 3 aliphatic rings. The van der Waals surface area contributed by atoms with Crippen LogP contribution in [0.5, 0.6) is 0 Å². The Morgan fingerprint density at radius 1 is 0.826 bits per heavy atom. The van der Waals surface area contributed by atoms with Crippen molar-refractivity contribution in [3.63, 3.8) is 0 Å². The van der Waals surface area contributed by atoms with Crippen molar-refractivity contribution in [3.05, 3.63) is 82.3 Å². The minimum atomic E-state index is 0.253. The lowest BCUT2D eigenvalue weighted by Gasteiger charge is -2.48. The number of halogens is 1. The summed E-state index contributed by atoms with van der Waals surface area (Å²) in [4.78, 5) is 0. The molecule has 116 valence electrons. The summed E-state index contributed by atoms with van der Waals surface area (Å²) in [5.74, 6) is 1.39. The largest absolute Gasteiger partial charge is 0.0700 e. The maximum Gasteiger partial charge on any atom is 0.0184 e.